The van der Waals surface area contributed by atoms with E-state index in [-0.39, 0.29) is 11.9 Å². The molecule has 0 aromatic heterocycles. The zero-order valence-corrected chi connectivity index (χ0v) is 8.68. The molecule has 0 aromatic rings. The Kier molecular flexibility index (Phi) is 4.22. The highest BCUT2D eigenvalue weighted by molar-refractivity contribution is 5.81. The van der Waals surface area contributed by atoms with Crippen molar-refractivity contribution < 1.29 is 4.79 Å². The average Bonchev–Trinajstić information content (AvgIpc) is 2.21. The van der Waals surface area contributed by atoms with Gasteiger partial charge in [-0.15, -0.1) is 0 Å². The maximum Gasteiger partial charge on any atom is 0.239 e. The number of hydrogen-bond acceptors (Lipinski definition) is 2. The third kappa shape index (κ3) is 2.69. The van der Waals surface area contributed by atoms with E-state index in [1.54, 1.807) is 0 Å². The minimum absolute atomic E-state index is 0.0913. The second-order valence-electron chi connectivity index (χ2n) is 3.51. The second-order valence-corrected chi connectivity index (χ2v) is 3.51. The maximum absolute atomic E-state index is 11.8. The van der Waals surface area contributed by atoms with Crippen molar-refractivity contribution in [2.24, 2.45) is 0 Å². The zero-order valence-electron chi connectivity index (χ0n) is 8.68. The Morgan fingerprint density at radius 2 is 2.08 bits per heavy atom. The smallest absolute Gasteiger partial charge is 0.239 e. The average molecular weight is 184 g/mol. The van der Waals surface area contributed by atoms with Gasteiger partial charge in [-0.2, -0.15) is 0 Å². The van der Waals surface area contributed by atoms with Gasteiger partial charge in [-0.05, 0) is 33.2 Å². The van der Waals surface area contributed by atoms with Crippen LogP contribution in [0.3, 0.4) is 0 Å². The van der Waals surface area contributed by atoms with E-state index in [2.05, 4.69) is 5.32 Å². The number of amides is 1. The monoisotopic (exact) mass is 184 g/mol. The Morgan fingerprint density at radius 3 is 2.54 bits per heavy atom. The number of likely N-dealkylation sites (N-methyl/N-ethyl adjacent to an activating group) is 1. The Hall–Kier alpha value is -0.570. The van der Waals surface area contributed by atoms with Gasteiger partial charge in [-0.25, -0.2) is 0 Å². The zero-order chi connectivity index (χ0) is 9.68. The van der Waals surface area contributed by atoms with Crippen LogP contribution >= 0.6 is 0 Å². The van der Waals surface area contributed by atoms with Gasteiger partial charge in [0.25, 0.3) is 0 Å². The number of carbonyl (C=O) groups excluding carboxylic acids is 1. The number of nitrogens with zero attached hydrogens (tertiary/aromatic N) is 1. The first-order chi connectivity index (χ1) is 6.29. The summed E-state index contributed by atoms with van der Waals surface area (Å²) >= 11 is 0. The molecule has 0 bridgehead atoms. The van der Waals surface area contributed by atoms with E-state index in [4.69, 9.17) is 0 Å². The minimum atomic E-state index is 0.0913. The summed E-state index contributed by atoms with van der Waals surface area (Å²) < 4.78 is 0. The van der Waals surface area contributed by atoms with Crippen LogP contribution in [0.15, 0.2) is 0 Å². The molecule has 1 saturated heterocycles. The number of rotatable bonds is 3. The molecule has 1 amide bonds. The Morgan fingerprint density at radius 1 is 1.38 bits per heavy atom. The van der Waals surface area contributed by atoms with Gasteiger partial charge in [0.05, 0.1) is 6.04 Å². The first-order valence-corrected chi connectivity index (χ1v) is 5.31. The molecule has 3 nitrogen and oxygen atoms in total. The fourth-order valence-corrected chi connectivity index (χ4v) is 1.82. The number of hydrogen-bond donors (Lipinski definition) is 1. The van der Waals surface area contributed by atoms with Crippen LogP contribution in [0.5, 0.6) is 0 Å². The predicted molar refractivity (Wildman–Crippen MR) is 53.6 cm³/mol. The van der Waals surface area contributed by atoms with Crippen molar-refractivity contribution in [2.75, 3.05) is 19.6 Å². The van der Waals surface area contributed by atoms with E-state index in [0.717, 1.165) is 26.1 Å². The van der Waals surface area contributed by atoms with Gasteiger partial charge in [0, 0.05) is 13.1 Å². The van der Waals surface area contributed by atoms with Crippen LogP contribution < -0.4 is 5.32 Å². The molecule has 0 spiro atoms. The van der Waals surface area contributed by atoms with Crippen molar-refractivity contribution in [2.45, 2.75) is 39.2 Å². The number of carbonyl (C=O) groups is 1. The van der Waals surface area contributed by atoms with Gasteiger partial charge < -0.3 is 10.2 Å². The fraction of sp³-hybridized carbons (Fsp3) is 0.900. The van der Waals surface area contributed by atoms with E-state index in [1.807, 2.05) is 18.7 Å². The summed E-state index contributed by atoms with van der Waals surface area (Å²) in [4.78, 5) is 13.7. The summed E-state index contributed by atoms with van der Waals surface area (Å²) in [6.07, 6.45) is 3.40. The molecule has 0 unspecified atom stereocenters. The molecule has 0 aliphatic carbocycles. The van der Waals surface area contributed by atoms with E-state index in [9.17, 15) is 4.79 Å². The SMILES string of the molecule is CCN(CC)C(=O)[C@H]1CCCCN1. The van der Waals surface area contributed by atoms with Crippen molar-refractivity contribution in [1.29, 1.82) is 0 Å². The summed E-state index contributed by atoms with van der Waals surface area (Å²) in [5.41, 5.74) is 0. The lowest BCUT2D eigenvalue weighted by Crippen LogP contribution is -2.48. The molecule has 3 heteroatoms. The molecule has 0 radical (unpaired) electrons. The number of nitrogens with one attached hydrogen (secondary N) is 1. The molecule has 1 aliphatic heterocycles. The Labute approximate surface area is 80.5 Å². The molecule has 0 saturated carbocycles. The van der Waals surface area contributed by atoms with Gasteiger partial charge in [-0.3, -0.25) is 4.79 Å². The topological polar surface area (TPSA) is 32.3 Å². The first kappa shape index (κ1) is 10.5. The summed E-state index contributed by atoms with van der Waals surface area (Å²) in [6.45, 7) is 6.72. The summed E-state index contributed by atoms with van der Waals surface area (Å²) in [7, 11) is 0. The van der Waals surface area contributed by atoms with Crippen LogP contribution in [-0.4, -0.2) is 36.5 Å². The highest BCUT2D eigenvalue weighted by Gasteiger charge is 2.23. The standard InChI is InChI=1S/C10H20N2O/c1-3-12(4-2)10(13)9-7-5-6-8-11-9/h9,11H,3-8H2,1-2H3/t9-/m1/s1. The van der Waals surface area contributed by atoms with Crippen molar-refractivity contribution in [3.63, 3.8) is 0 Å². The highest BCUT2D eigenvalue weighted by atomic mass is 16.2. The Bertz CT molecular complexity index is 160. The lowest BCUT2D eigenvalue weighted by atomic mass is 10.0. The van der Waals surface area contributed by atoms with Gasteiger partial charge >= 0.3 is 0 Å². The van der Waals surface area contributed by atoms with Crippen molar-refractivity contribution in [1.82, 2.24) is 10.2 Å². The quantitative estimate of drug-likeness (QED) is 0.709. The van der Waals surface area contributed by atoms with Crippen molar-refractivity contribution in [3.05, 3.63) is 0 Å². The van der Waals surface area contributed by atoms with Gasteiger partial charge in [0.15, 0.2) is 0 Å². The fourth-order valence-electron chi connectivity index (χ4n) is 1.82. The molecule has 13 heavy (non-hydrogen) atoms. The largest absolute Gasteiger partial charge is 0.342 e. The first-order valence-electron chi connectivity index (χ1n) is 5.31. The summed E-state index contributed by atoms with van der Waals surface area (Å²) in [6, 6.07) is 0.0913. The minimum Gasteiger partial charge on any atom is -0.342 e. The van der Waals surface area contributed by atoms with E-state index in [1.165, 1.54) is 12.8 Å². The van der Waals surface area contributed by atoms with Crippen LogP contribution in [-0.2, 0) is 4.79 Å². The molecule has 1 aliphatic rings. The number of piperidine rings is 1. The molecule has 1 N–H and O–H groups in total. The Balaban J connectivity index is 2.44. The van der Waals surface area contributed by atoms with Gasteiger partial charge in [-0.1, -0.05) is 6.42 Å². The van der Waals surface area contributed by atoms with Crippen molar-refractivity contribution in [3.8, 4) is 0 Å². The summed E-state index contributed by atoms with van der Waals surface area (Å²) in [5.74, 6) is 0.282. The molecule has 1 atom stereocenters. The van der Waals surface area contributed by atoms with Crippen LogP contribution in [0.2, 0.25) is 0 Å². The third-order valence-electron chi connectivity index (χ3n) is 2.68. The molecular weight excluding hydrogens is 164 g/mol. The van der Waals surface area contributed by atoms with Crippen LogP contribution in [0.25, 0.3) is 0 Å². The van der Waals surface area contributed by atoms with Crippen LogP contribution in [0.4, 0.5) is 0 Å². The van der Waals surface area contributed by atoms with Crippen LogP contribution in [0.1, 0.15) is 33.1 Å². The van der Waals surface area contributed by atoms with E-state index < -0.39 is 0 Å². The lowest BCUT2D eigenvalue weighted by Gasteiger charge is -2.28. The predicted octanol–water partition coefficient (Wildman–Crippen LogP) is 0.997. The summed E-state index contributed by atoms with van der Waals surface area (Å²) in [5, 5.41) is 3.28. The van der Waals surface area contributed by atoms with Gasteiger partial charge in [0.2, 0.25) is 5.91 Å². The molecule has 76 valence electrons. The van der Waals surface area contributed by atoms with E-state index >= 15 is 0 Å². The normalized spacial score (nSPS) is 22.8. The van der Waals surface area contributed by atoms with Crippen LogP contribution in [0, 0.1) is 0 Å². The molecule has 1 rings (SSSR count). The van der Waals surface area contributed by atoms with Crippen molar-refractivity contribution >= 4 is 5.91 Å². The molecule has 1 heterocycles. The lowest BCUT2D eigenvalue weighted by molar-refractivity contribution is -0.133. The second kappa shape index (κ2) is 5.22. The third-order valence-corrected chi connectivity index (χ3v) is 2.68. The maximum atomic E-state index is 11.8. The molecule has 1 fully saturated rings. The molecular formula is C10H20N2O. The highest BCUT2D eigenvalue weighted by Crippen LogP contribution is 2.09. The van der Waals surface area contributed by atoms with E-state index in [0.29, 0.717) is 0 Å². The van der Waals surface area contributed by atoms with Gasteiger partial charge in [0.1, 0.15) is 0 Å². The molecule has 0 aromatic carbocycles.